The van der Waals surface area contributed by atoms with Gasteiger partial charge in [-0.3, -0.25) is 4.98 Å². The lowest BCUT2D eigenvalue weighted by atomic mass is 9.80. The number of nitrogens with one attached hydrogen (secondary N) is 1. The SMILES string of the molecule is CCCNCCC(C)(C)c1cnccc1C. The summed E-state index contributed by atoms with van der Waals surface area (Å²) in [6, 6.07) is 2.09. The van der Waals surface area contributed by atoms with Crippen molar-refractivity contribution in [1.82, 2.24) is 10.3 Å². The highest BCUT2D eigenvalue weighted by Gasteiger charge is 2.21. The van der Waals surface area contributed by atoms with Gasteiger partial charge < -0.3 is 5.32 Å². The maximum Gasteiger partial charge on any atom is 0.0307 e. The Morgan fingerprint density at radius 2 is 2.06 bits per heavy atom. The molecule has 0 aromatic carbocycles. The third kappa shape index (κ3) is 3.60. The standard InChI is InChI=1S/C14H24N2/c1-5-8-15-10-7-14(3,4)13-11-16-9-6-12(13)2/h6,9,11,15H,5,7-8,10H2,1-4H3. The molecule has 1 aromatic rings. The van der Waals surface area contributed by atoms with Gasteiger partial charge in [-0.25, -0.2) is 0 Å². The Kier molecular flexibility index (Phi) is 4.94. The predicted molar refractivity (Wildman–Crippen MR) is 69.8 cm³/mol. The van der Waals surface area contributed by atoms with Crippen LogP contribution in [0.5, 0.6) is 0 Å². The van der Waals surface area contributed by atoms with Gasteiger partial charge in [0.1, 0.15) is 0 Å². The van der Waals surface area contributed by atoms with Crippen molar-refractivity contribution in [2.75, 3.05) is 13.1 Å². The van der Waals surface area contributed by atoms with Gasteiger partial charge in [0.05, 0.1) is 0 Å². The van der Waals surface area contributed by atoms with E-state index in [-0.39, 0.29) is 5.41 Å². The van der Waals surface area contributed by atoms with Crippen molar-refractivity contribution < 1.29 is 0 Å². The van der Waals surface area contributed by atoms with E-state index in [2.05, 4.69) is 44.1 Å². The number of aromatic nitrogens is 1. The minimum Gasteiger partial charge on any atom is -0.317 e. The zero-order chi connectivity index (χ0) is 12.0. The first-order chi connectivity index (χ1) is 7.58. The minimum atomic E-state index is 0.207. The maximum absolute atomic E-state index is 4.24. The summed E-state index contributed by atoms with van der Waals surface area (Å²) >= 11 is 0. The van der Waals surface area contributed by atoms with Crippen molar-refractivity contribution in [3.63, 3.8) is 0 Å². The molecule has 1 heterocycles. The van der Waals surface area contributed by atoms with E-state index >= 15 is 0 Å². The molecule has 0 bridgehead atoms. The number of nitrogens with zero attached hydrogens (tertiary/aromatic N) is 1. The Hall–Kier alpha value is -0.890. The smallest absolute Gasteiger partial charge is 0.0307 e. The zero-order valence-electron chi connectivity index (χ0n) is 11.0. The Morgan fingerprint density at radius 1 is 1.31 bits per heavy atom. The van der Waals surface area contributed by atoms with Crippen LogP contribution in [0, 0.1) is 6.92 Å². The van der Waals surface area contributed by atoms with Crippen molar-refractivity contribution in [2.45, 2.75) is 46.0 Å². The van der Waals surface area contributed by atoms with Crippen LogP contribution in [0.25, 0.3) is 0 Å². The lowest BCUT2D eigenvalue weighted by molar-refractivity contribution is 0.454. The second-order valence-corrected chi connectivity index (χ2v) is 5.07. The molecule has 0 fully saturated rings. The highest BCUT2D eigenvalue weighted by Crippen LogP contribution is 2.28. The molecule has 0 atom stereocenters. The number of hydrogen-bond donors (Lipinski definition) is 1. The molecule has 90 valence electrons. The quantitative estimate of drug-likeness (QED) is 0.745. The zero-order valence-corrected chi connectivity index (χ0v) is 11.0. The highest BCUT2D eigenvalue weighted by molar-refractivity contribution is 5.28. The van der Waals surface area contributed by atoms with Crippen LogP contribution in [0.3, 0.4) is 0 Å². The van der Waals surface area contributed by atoms with Gasteiger partial charge >= 0.3 is 0 Å². The molecule has 0 aliphatic rings. The average Bonchev–Trinajstić information content (AvgIpc) is 2.25. The van der Waals surface area contributed by atoms with Crippen LogP contribution in [0.1, 0.15) is 44.7 Å². The van der Waals surface area contributed by atoms with Gasteiger partial charge in [0.2, 0.25) is 0 Å². The van der Waals surface area contributed by atoms with Crippen molar-refractivity contribution in [3.8, 4) is 0 Å². The summed E-state index contributed by atoms with van der Waals surface area (Å²) < 4.78 is 0. The lowest BCUT2D eigenvalue weighted by Gasteiger charge is -2.26. The van der Waals surface area contributed by atoms with E-state index in [1.165, 1.54) is 17.5 Å². The number of hydrogen-bond acceptors (Lipinski definition) is 2. The second-order valence-electron chi connectivity index (χ2n) is 5.07. The summed E-state index contributed by atoms with van der Waals surface area (Å²) in [7, 11) is 0. The van der Waals surface area contributed by atoms with Crippen LogP contribution < -0.4 is 5.32 Å². The largest absolute Gasteiger partial charge is 0.317 e. The number of aryl methyl sites for hydroxylation is 1. The molecule has 2 heteroatoms. The fraction of sp³-hybridized carbons (Fsp3) is 0.643. The molecular weight excluding hydrogens is 196 g/mol. The third-order valence-electron chi connectivity index (χ3n) is 3.12. The molecule has 0 aliphatic heterocycles. The van der Waals surface area contributed by atoms with Gasteiger partial charge in [0, 0.05) is 12.4 Å². The van der Waals surface area contributed by atoms with Gasteiger partial charge in [0.15, 0.2) is 0 Å². The van der Waals surface area contributed by atoms with E-state index in [9.17, 15) is 0 Å². The Balaban J connectivity index is 2.59. The van der Waals surface area contributed by atoms with E-state index in [1.807, 2.05) is 12.4 Å². The summed E-state index contributed by atoms with van der Waals surface area (Å²) in [6.07, 6.45) is 6.23. The maximum atomic E-state index is 4.24. The summed E-state index contributed by atoms with van der Waals surface area (Å²) in [4.78, 5) is 4.24. The second kappa shape index (κ2) is 6.00. The molecule has 0 radical (unpaired) electrons. The molecule has 1 N–H and O–H groups in total. The topological polar surface area (TPSA) is 24.9 Å². The van der Waals surface area contributed by atoms with Crippen LogP contribution in [-0.2, 0) is 5.41 Å². The van der Waals surface area contributed by atoms with E-state index in [0.717, 1.165) is 19.5 Å². The van der Waals surface area contributed by atoms with Crippen LogP contribution in [0.15, 0.2) is 18.5 Å². The van der Waals surface area contributed by atoms with Crippen molar-refractivity contribution in [3.05, 3.63) is 29.6 Å². The molecule has 0 saturated heterocycles. The van der Waals surface area contributed by atoms with E-state index in [0.29, 0.717) is 0 Å². The molecular formula is C14H24N2. The average molecular weight is 220 g/mol. The molecule has 0 unspecified atom stereocenters. The molecule has 0 spiro atoms. The molecule has 16 heavy (non-hydrogen) atoms. The molecule has 0 aliphatic carbocycles. The summed E-state index contributed by atoms with van der Waals surface area (Å²) in [5, 5.41) is 3.46. The monoisotopic (exact) mass is 220 g/mol. The van der Waals surface area contributed by atoms with E-state index < -0.39 is 0 Å². The van der Waals surface area contributed by atoms with Gasteiger partial charge in [-0.1, -0.05) is 20.8 Å². The Bertz CT molecular complexity index is 318. The predicted octanol–water partition coefficient (Wildman–Crippen LogP) is 3.06. The number of pyridine rings is 1. The fourth-order valence-electron chi connectivity index (χ4n) is 2.01. The van der Waals surface area contributed by atoms with Crippen LogP contribution in [-0.4, -0.2) is 18.1 Å². The molecule has 0 amide bonds. The molecule has 1 aromatic heterocycles. The summed E-state index contributed by atoms with van der Waals surface area (Å²) in [5.74, 6) is 0. The normalized spacial score (nSPS) is 11.8. The van der Waals surface area contributed by atoms with Crippen LogP contribution in [0.2, 0.25) is 0 Å². The summed E-state index contributed by atoms with van der Waals surface area (Å²) in [6.45, 7) is 11.1. The van der Waals surface area contributed by atoms with Gasteiger partial charge in [0.25, 0.3) is 0 Å². The fourth-order valence-corrected chi connectivity index (χ4v) is 2.01. The van der Waals surface area contributed by atoms with Crippen molar-refractivity contribution >= 4 is 0 Å². The van der Waals surface area contributed by atoms with Gasteiger partial charge in [-0.15, -0.1) is 0 Å². The third-order valence-corrected chi connectivity index (χ3v) is 3.12. The number of rotatable bonds is 6. The molecule has 2 nitrogen and oxygen atoms in total. The van der Waals surface area contributed by atoms with E-state index in [4.69, 9.17) is 0 Å². The van der Waals surface area contributed by atoms with Crippen LogP contribution >= 0.6 is 0 Å². The Labute approximate surface area is 99.5 Å². The van der Waals surface area contributed by atoms with Gasteiger partial charge in [-0.2, -0.15) is 0 Å². The highest BCUT2D eigenvalue weighted by atomic mass is 14.8. The minimum absolute atomic E-state index is 0.207. The first-order valence-electron chi connectivity index (χ1n) is 6.19. The van der Waals surface area contributed by atoms with Crippen molar-refractivity contribution in [1.29, 1.82) is 0 Å². The summed E-state index contributed by atoms with van der Waals surface area (Å²) in [5.41, 5.74) is 2.92. The molecule has 0 saturated carbocycles. The van der Waals surface area contributed by atoms with Crippen molar-refractivity contribution in [2.24, 2.45) is 0 Å². The molecule has 1 rings (SSSR count). The Morgan fingerprint density at radius 3 is 2.69 bits per heavy atom. The first kappa shape index (κ1) is 13.2. The first-order valence-corrected chi connectivity index (χ1v) is 6.19. The lowest BCUT2D eigenvalue weighted by Crippen LogP contribution is -2.26. The van der Waals surface area contributed by atoms with Crippen LogP contribution in [0.4, 0.5) is 0 Å². The van der Waals surface area contributed by atoms with E-state index in [1.54, 1.807) is 0 Å². The van der Waals surface area contributed by atoms with Gasteiger partial charge in [-0.05, 0) is 55.5 Å².